The lowest BCUT2D eigenvalue weighted by atomic mass is 10.1. The molecule has 0 aliphatic carbocycles. The van der Waals surface area contributed by atoms with Gasteiger partial charge in [-0.05, 0) is 86.8 Å². The first-order valence-electron chi connectivity index (χ1n) is 14.7. The molecular weight excluding hydrogens is 584 g/mol. The topological polar surface area (TPSA) is 118 Å². The average Bonchev–Trinajstić information content (AvgIpc) is 3.01. The van der Waals surface area contributed by atoms with Gasteiger partial charge in [-0.15, -0.1) is 0 Å². The van der Waals surface area contributed by atoms with Gasteiger partial charge < -0.3 is 15.4 Å². The molecule has 45 heavy (non-hydrogen) atoms. The van der Waals surface area contributed by atoms with Crippen LogP contribution in [0.4, 0.5) is 22.0 Å². The maximum atomic E-state index is 13.2. The number of nitrogens with one attached hydrogen (secondary N) is 3. The summed E-state index contributed by atoms with van der Waals surface area (Å²) in [5, 5.41) is 9.98. The maximum absolute atomic E-state index is 13.2. The fraction of sp³-hybridized carbons (Fsp3) is 0.229. The molecule has 5 aromatic rings. The third-order valence-corrected chi connectivity index (χ3v) is 7.71. The second kappa shape index (κ2) is 13.8. The molecule has 2 heterocycles. The summed E-state index contributed by atoms with van der Waals surface area (Å²) in [6, 6.07) is 26.8. The molecule has 2 aromatic heterocycles. The number of aromatic nitrogens is 3. The van der Waals surface area contributed by atoms with Gasteiger partial charge in [0.15, 0.2) is 5.65 Å². The predicted octanol–water partition coefficient (Wildman–Crippen LogP) is 8.32. The van der Waals surface area contributed by atoms with E-state index in [1.807, 2.05) is 99.6 Å². The highest BCUT2D eigenvalue weighted by molar-refractivity contribution is 7.99. The van der Waals surface area contributed by atoms with Crippen molar-refractivity contribution in [1.82, 2.24) is 20.3 Å². The Hall–Kier alpha value is -4.96. The number of carbonyl (C=O) groups excluding carboxylic acids is 2. The summed E-state index contributed by atoms with van der Waals surface area (Å²) in [6.45, 7) is 10.1. The Morgan fingerprint density at radius 1 is 0.911 bits per heavy atom. The van der Waals surface area contributed by atoms with Gasteiger partial charge in [-0.2, -0.15) is 0 Å². The number of hydrogen-bond acceptors (Lipinski definition) is 8. The van der Waals surface area contributed by atoms with Crippen LogP contribution >= 0.6 is 11.8 Å². The monoisotopic (exact) mass is 620 g/mol. The average molecular weight is 621 g/mol. The summed E-state index contributed by atoms with van der Waals surface area (Å²) < 4.78 is 5.35. The lowest BCUT2D eigenvalue weighted by molar-refractivity contribution is 0.0635. The Kier molecular flexibility index (Phi) is 9.63. The molecular formula is C35H36N6O3S. The standard InChI is InChI=1S/C35H36N6O3S/c1-22(2)28-17-16-27-31(40-28)37-21-38-32(27)41-29-19-24(33(42)36-20-23-9-7-6-8-10-23)11-18-30(29)45-26-14-12-25(13-15-26)39-34(43)44-35(3,4)5/h6-19,21-22H,20H2,1-5H3,(H,36,42)(H,39,43)(H,37,38,40,41). The van der Waals surface area contributed by atoms with Gasteiger partial charge in [0.2, 0.25) is 0 Å². The molecule has 3 N–H and O–H groups in total. The van der Waals surface area contributed by atoms with Crippen molar-refractivity contribution in [3.05, 3.63) is 108 Å². The van der Waals surface area contributed by atoms with Crippen molar-refractivity contribution in [3.8, 4) is 0 Å². The Morgan fingerprint density at radius 2 is 1.67 bits per heavy atom. The molecule has 0 aliphatic heterocycles. The number of benzene rings is 3. The molecule has 0 spiro atoms. The van der Waals surface area contributed by atoms with Crippen molar-refractivity contribution >= 4 is 52.0 Å². The number of carbonyl (C=O) groups is 2. The van der Waals surface area contributed by atoms with Crippen LogP contribution in [-0.4, -0.2) is 32.6 Å². The molecule has 3 aromatic carbocycles. The number of hydrogen-bond donors (Lipinski definition) is 3. The summed E-state index contributed by atoms with van der Waals surface area (Å²) >= 11 is 1.52. The molecule has 0 unspecified atom stereocenters. The van der Waals surface area contributed by atoms with E-state index in [4.69, 9.17) is 9.72 Å². The van der Waals surface area contributed by atoms with Crippen molar-refractivity contribution in [3.63, 3.8) is 0 Å². The highest BCUT2D eigenvalue weighted by Crippen LogP contribution is 2.37. The normalized spacial score (nSPS) is 11.3. The van der Waals surface area contributed by atoms with Gasteiger partial charge in [0.25, 0.3) is 5.91 Å². The molecule has 0 saturated carbocycles. The van der Waals surface area contributed by atoms with Gasteiger partial charge >= 0.3 is 6.09 Å². The molecule has 0 fully saturated rings. The number of anilines is 3. The molecule has 10 heteroatoms. The number of nitrogens with zero attached hydrogens (tertiary/aromatic N) is 3. The van der Waals surface area contributed by atoms with Crippen molar-refractivity contribution in [1.29, 1.82) is 0 Å². The van der Waals surface area contributed by atoms with E-state index in [2.05, 4.69) is 39.8 Å². The number of fused-ring (bicyclic) bond motifs is 1. The molecule has 5 rings (SSSR count). The van der Waals surface area contributed by atoms with Crippen LogP contribution < -0.4 is 16.0 Å². The zero-order valence-corrected chi connectivity index (χ0v) is 26.7. The van der Waals surface area contributed by atoms with Crippen LogP contribution in [0, 0.1) is 0 Å². The van der Waals surface area contributed by atoms with Crippen LogP contribution in [0.3, 0.4) is 0 Å². The lowest BCUT2D eigenvalue weighted by Gasteiger charge is -2.19. The van der Waals surface area contributed by atoms with E-state index < -0.39 is 11.7 Å². The van der Waals surface area contributed by atoms with E-state index in [0.29, 0.717) is 34.9 Å². The zero-order chi connectivity index (χ0) is 32.0. The number of pyridine rings is 1. The second-order valence-corrected chi connectivity index (χ2v) is 12.9. The zero-order valence-electron chi connectivity index (χ0n) is 25.9. The minimum Gasteiger partial charge on any atom is -0.444 e. The van der Waals surface area contributed by atoms with Gasteiger partial charge in [-0.1, -0.05) is 55.9 Å². The first kappa shape index (κ1) is 31.5. The van der Waals surface area contributed by atoms with Gasteiger partial charge in [0.1, 0.15) is 17.7 Å². The maximum Gasteiger partial charge on any atom is 0.412 e. The van der Waals surface area contributed by atoms with E-state index in [1.54, 1.807) is 6.07 Å². The highest BCUT2D eigenvalue weighted by atomic mass is 32.2. The number of amides is 2. The molecule has 230 valence electrons. The molecule has 9 nitrogen and oxygen atoms in total. The number of rotatable bonds is 9. The van der Waals surface area contributed by atoms with Crippen LogP contribution in [-0.2, 0) is 11.3 Å². The Balaban J connectivity index is 1.42. The highest BCUT2D eigenvalue weighted by Gasteiger charge is 2.17. The van der Waals surface area contributed by atoms with E-state index in [1.165, 1.54) is 18.1 Å². The third-order valence-electron chi connectivity index (χ3n) is 6.63. The Morgan fingerprint density at radius 3 is 2.38 bits per heavy atom. The van der Waals surface area contributed by atoms with Gasteiger partial charge in [0, 0.05) is 33.3 Å². The summed E-state index contributed by atoms with van der Waals surface area (Å²) in [6.07, 6.45) is 0.976. The van der Waals surface area contributed by atoms with E-state index in [9.17, 15) is 9.59 Å². The van der Waals surface area contributed by atoms with Crippen LogP contribution in [0.1, 0.15) is 62.2 Å². The minimum atomic E-state index is -0.588. The first-order valence-corrected chi connectivity index (χ1v) is 15.5. The molecule has 0 saturated heterocycles. The number of ether oxygens (including phenoxy) is 1. The van der Waals surface area contributed by atoms with Crippen LogP contribution in [0.15, 0.2) is 101 Å². The van der Waals surface area contributed by atoms with E-state index in [0.717, 1.165) is 26.4 Å². The second-order valence-electron chi connectivity index (χ2n) is 11.7. The SMILES string of the molecule is CC(C)c1ccc2c(Nc3cc(C(=O)NCc4ccccc4)ccc3Sc3ccc(NC(=O)OC(C)(C)C)cc3)ncnc2n1. The predicted molar refractivity (Wildman–Crippen MR) is 179 cm³/mol. The molecule has 0 bridgehead atoms. The lowest BCUT2D eigenvalue weighted by Crippen LogP contribution is -2.27. The van der Waals surface area contributed by atoms with E-state index >= 15 is 0 Å². The van der Waals surface area contributed by atoms with Gasteiger partial charge in [0.05, 0.1) is 11.1 Å². The van der Waals surface area contributed by atoms with Crippen molar-refractivity contribution in [2.24, 2.45) is 0 Å². The summed E-state index contributed by atoms with van der Waals surface area (Å²) in [5.41, 5.74) is 3.81. The van der Waals surface area contributed by atoms with Crippen molar-refractivity contribution in [2.45, 2.75) is 62.5 Å². The molecule has 0 aliphatic rings. The molecule has 0 atom stereocenters. The summed E-state index contributed by atoms with van der Waals surface area (Å²) in [7, 11) is 0. The third kappa shape index (κ3) is 8.57. The smallest absolute Gasteiger partial charge is 0.412 e. The van der Waals surface area contributed by atoms with Crippen molar-refractivity contribution in [2.75, 3.05) is 10.6 Å². The van der Waals surface area contributed by atoms with Crippen molar-refractivity contribution < 1.29 is 14.3 Å². The first-order chi connectivity index (χ1) is 21.5. The minimum absolute atomic E-state index is 0.188. The van der Waals surface area contributed by atoms with Crippen LogP contribution in [0.25, 0.3) is 11.0 Å². The van der Waals surface area contributed by atoms with Crippen LogP contribution in [0.5, 0.6) is 0 Å². The van der Waals surface area contributed by atoms with Gasteiger partial charge in [-0.3, -0.25) is 10.1 Å². The van der Waals surface area contributed by atoms with E-state index in [-0.39, 0.29) is 11.8 Å². The fourth-order valence-corrected chi connectivity index (χ4v) is 5.28. The largest absolute Gasteiger partial charge is 0.444 e. The summed E-state index contributed by atoms with van der Waals surface area (Å²) in [5.74, 6) is 0.663. The molecule has 0 radical (unpaired) electrons. The fourth-order valence-electron chi connectivity index (χ4n) is 4.40. The van der Waals surface area contributed by atoms with Gasteiger partial charge in [-0.25, -0.2) is 19.7 Å². The molecule has 2 amide bonds. The summed E-state index contributed by atoms with van der Waals surface area (Å²) in [4.78, 5) is 40.8. The Labute approximate surface area is 267 Å². The van der Waals surface area contributed by atoms with Crippen LogP contribution in [0.2, 0.25) is 0 Å². The quantitative estimate of drug-likeness (QED) is 0.151. The Bertz CT molecular complexity index is 1810.